The van der Waals surface area contributed by atoms with Crippen molar-refractivity contribution in [3.05, 3.63) is 51.6 Å². The Hall–Kier alpha value is -2.91. The van der Waals surface area contributed by atoms with Gasteiger partial charge >= 0.3 is 5.69 Å². The third kappa shape index (κ3) is 2.99. The Morgan fingerprint density at radius 1 is 1.43 bits per heavy atom. The molecule has 2 rings (SSSR count). The summed E-state index contributed by atoms with van der Waals surface area (Å²) in [6.07, 6.45) is 1.23. The molecule has 1 amide bonds. The molecule has 0 saturated carbocycles. The van der Waals surface area contributed by atoms with Crippen molar-refractivity contribution < 1.29 is 18.5 Å². The van der Waals surface area contributed by atoms with Crippen LogP contribution in [0, 0.1) is 21.7 Å². The van der Waals surface area contributed by atoms with E-state index in [1.807, 2.05) is 0 Å². The Balaban J connectivity index is 2.30. The van der Waals surface area contributed by atoms with Crippen LogP contribution in [-0.2, 0) is 6.54 Å². The smallest absolute Gasteiger partial charge is 0.305 e. The van der Waals surface area contributed by atoms with Gasteiger partial charge in [-0.25, -0.2) is 9.37 Å². The van der Waals surface area contributed by atoms with E-state index in [9.17, 15) is 23.7 Å². The van der Waals surface area contributed by atoms with Crippen LogP contribution < -0.4 is 0 Å². The molecule has 1 aromatic heterocycles. The molecule has 10 heteroatoms. The van der Waals surface area contributed by atoms with Gasteiger partial charge in [0, 0.05) is 19.2 Å². The topological polar surface area (TPSA) is 105 Å². The van der Waals surface area contributed by atoms with Crippen molar-refractivity contribution in [2.45, 2.75) is 6.54 Å². The van der Waals surface area contributed by atoms with Crippen molar-refractivity contribution in [1.29, 1.82) is 0 Å². The van der Waals surface area contributed by atoms with E-state index < -0.39 is 33.7 Å². The number of aromatic nitrogens is 3. The van der Waals surface area contributed by atoms with Gasteiger partial charge in [0.05, 0.1) is 17.0 Å². The maximum absolute atomic E-state index is 13.6. The number of nitro groups is 1. The zero-order valence-electron chi connectivity index (χ0n) is 10.7. The first-order chi connectivity index (χ1) is 9.90. The molecule has 0 saturated heterocycles. The summed E-state index contributed by atoms with van der Waals surface area (Å²) < 4.78 is 26.9. The van der Waals surface area contributed by atoms with Gasteiger partial charge in [0.25, 0.3) is 5.91 Å². The summed E-state index contributed by atoms with van der Waals surface area (Å²) in [4.78, 5) is 26.5. The van der Waals surface area contributed by atoms with Crippen LogP contribution in [0.15, 0.2) is 18.5 Å². The first-order valence-electron chi connectivity index (χ1n) is 5.63. The van der Waals surface area contributed by atoms with Crippen LogP contribution in [0.5, 0.6) is 0 Å². The third-order valence-corrected chi connectivity index (χ3v) is 2.66. The number of hydrogen-bond acceptors (Lipinski definition) is 5. The number of benzene rings is 1. The molecule has 0 unspecified atom stereocenters. The van der Waals surface area contributed by atoms with Gasteiger partial charge in [-0.1, -0.05) is 0 Å². The average molecular weight is 297 g/mol. The molecule has 0 spiro atoms. The maximum Gasteiger partial charge on any atom is 0.305 e. The summed E-state index contributed by atoms with van der Waals surface area (Å²) in [6.45, 7) is -0.0105. The zero-order valence-corrected chi connectivity index (χ0v) is 10.7. The van der Waals surface area contributed by atoms with Crippen molar-refractivity contribution in [1.82, 2.24) is 20.1 Å². The molecule has 0 radical (unpaired) electrons. The monoisotopic (exact) mass is 297 g/mol. The molecule has 0 atom stereocenters. The van der Waals surface area contributed by atoms with Gasteiger partial charge in [-0.15, -0.1) is 0 Å². The van der Waals surface area contributed by atoms with Crippen molar-refractivity contribution in [2.24, 2.45) is 0 Å². The first kappa shape index (κ1) is 14.5. The van der Waals surface area contributed by atoms with Gasteiger partial charge in [-0.3, -0.25) is 20.0 Å². The molecule has 1 aromatic carbocycles. The predicted molar refractivity (Wildman–Crippen MR) is 65.2 cm³/mol. The minimum atomic E-state index is -1.34. The SMILES string of the molecule is CN(Cc1ncn[nH]1)C(=O)c1cc([N+](=O)[O-])c(F)cc1F. The number of nitrogens with one attached hydrogen (secondary N) is 1. The van der Waals surface area contributed by atoms with Crippen LogP contribution in [0.2, 0.25) is 0 Å². The van der Waals surface area contributed by atoms with E-state index in [0.29, 0.717) is 18.0 Å². The van der Waals surface area contributed by atoms with Crippen LogP contribution in [0.4, 0.5) is 14.5 Å². The largest absolute Gasteiger partial charge is 0.334 e. The number of hydrogen-bond donors (Lipinski definition) is 1. The molecular weight excluding hydrogens is 288 g/mol. The molecule has 0 bridgehead atoms. The number of H-pyrrole nitrogens is 1. The summed E-state index contributed by atoms with van der Waals surface area (Å²) in [5.41, 5.74) is -1.56. The molecule has 2 aromatic rings. The number of halogens is 2. The van der Waals surface area contributed by atoms with Gasteiger partial charge in [-0.2, -0.15) is 9.49 Å². The lowest BCUT2D eigenvalue weighted by molar-refractivity contribution is -0.387. The van der Waals surface area contributed by atoms with E-state index in [1.165, 1.54) is 13.4 Å². The fourth-order valence-corrected chi connectivity index (χ4v) is 1.65. The van der Waals surface area contributed by atoms with Gasteiger partial charge in [0.1, 0.15) is 18.0 Å². The molecule has 0 fully saturated rings. The van der Waals surface area contributed by atoms with Gasteiger partial charge < -0.3 is 4.90 Å². The molecule has 8 nitrogen and oxygen atoms in total. The van der Waals surface area contributed by atoms with Crippen LogP contribution >= 0.6 is 0 Å². The Morgan fingerprint density at radius 3 is 2.71 bits per heavy atom. The van der Waals surface area contributed by atoms with E-state index in [0.717, 1.165) is 4.90 Å². The summed E-state index contributed by atoms with van der Waals surface area (Å²) in [5.74, 6) is -3.01. The van der Waals surface area contributed by atoms with E-state index >= 15 is 0 Å². The van der Waals surface area contributed by atoms with Crippen molar-refractivity contribution >= 4 is 11.6 Å². The summed E-state index contributed by atoms with van der Waals surface area (Å²) in [7, 11) is 1.35. The number of nitro benzene ring substituents is 1. The lowest BCUT2D eigenvalue weighted by Gasteiger charge is -2.15. The summed E-state index contributed by atoms with van der Waals surface area (Å²) >= 11 is 0. The second kappa shape index (κ2) is 5.61. The number of rotatable bonds is 4. The molecule has 0 aliphatic carbocycles. The lowest BCUT2D eigenvalue weighted by Crippen LogP contribution is -2.27. The molecule has 0 aliphatic rings. The van der Waals surface area contributed by atoms with E-state index in [2.05, 4.69) is 15.2 Å². The van der Waals surface area contributed by atoms with Crippen molar-refractivity contribution in [2.75, 3.05) is 7.05 Å². The maximum atomic E-state index is 13.6. The van der Waals surface area contributed by atoms with Crippen LogP contribution in [-0.4, -0.2) is 38.0 Å². The van der Waals surface area contributed by atoms with Gasteiger partial charge in [0.2, 0.25) is 5.82 Å². The van der Waals surface area contributed by atoms with E-state index in [4.69, 9.17) is 0 Å². The highest BCUT2D eigenvalue weighted by Gasteiger charge is 2.24. The number of carbonyl (C=O) groups is 1. The highest BCUT2D eigenvalue weighted by molar-refractivity contribution is 5.94. The fourth-order valence-electron chi connectivity index (χ4n) is 1.65. The number of aromatic amines is 1. The molecule has 110 valence electrons. The van der Waals surface area contributed by atoms with E-state index in [1.54, 1.807) is 0 Å². The number of amides is 1. The Morgan fingerprint density at radius 2 is 2.14 bits per heavy atom. The fraction of sp³-hybridized carbons (Fsp3) is 0.182. The minimum Gasteiger partial charge on any atom is -0.334 e. The Kier molecular flexibility index (Phi) is 3.87. The summed E-state index contributed by atoms with van der Waals surface area (Å²) in [5, 5.41) is 16.7. The molecular formula is C11H9F2N5O3. The van der Waals surface area contributed by atoms with Crippen LogP contribution in [0.1, 0.15) is 16.2 Å². The second-order valence-corrected chi connectivity index (χ2v) is 4.13. The summed E-state index contributed by atoms with van der Waals surface area (Å²) in [6, 6.07) is 0.886. The minimum absolute atomic E-state index is 0.0105. The Labute approximate surface area is 116 Å². The standard InChI is InChI=1S/C11H9F2N5O3/c1-17(4-10-14-5-15-16-10)11(19)6-2-9(18(20)21)8(13)3-7(6)12/h2-3,5H,4H2,1H3,(H,14,15,16). The highest BCUT2D eigenvalue weighted by Crippen LogP contribution is 2.22. The van der Waals surface area contributed by atoms with Crippen molar-refractivity contribution in [3.63, 3.8) is 0 Å². The Bertz CT molecular complexity index is 689. The van der Waals surface area contributed by atoms with Crippen molar-refractivity contribution in [3.8, 4) is 0 Å². The van der Waals surface area contributed by atoms with Crippen LogP contribution in [0.3, 0.4) is 0 Å². The first-order valence-corrected chi connectivity index (χ1v) is 5.63. The molecule has 21 heavy (non-hydrogen) atoms. The normalized spacial score (nSPS) is 10.4. The zero-order chi connectivity index (χ0) is 15.6. The second-order valence-electron chi connectivity index (χ2n) is 4.13. The highest BCUT2D eigenvalue weighted by atomic mass is 19.1. The molecule has 1 heterocycles. The number of nitrogens with zero attached hydrogens (tertiary/aromatic N) is 4. The van der Waals surface area contributed by atoms with Gasteiger partial charge in [0.15, 0.2) is 0 Å². The van der Waals surface area contributed by atoms with Crippen LogP contribution in [0.25, 0.3) is 0 Å². The third-order valence-electron chi connectivity index (χ3n) is 2.66. The molecule has 1 N–H and O–H groups in total. The quantitative estimate of drug-likeness (QED) is 0.675. The molecule has 0 aliphatic heterocycles. The number of carbonyl (C=O) groups excluding carboxylic acids is 1. The average Bonchev–Trinajstić information content (AvgIpc) is 2.90. The van der Waals surface area contributed by atoms with Gasteiger partial charge in [-0.05, 0) is 0 Å². The predicted octanol–water partition coefficient (Wildman–Crippen LogP) is 1.26. The van der Waals surface area contributed by atoms with E-state index in [-0.39, 0.29) is 6.54 Å². The lowest BCUT2D eigenvalue weighted by atomic mass is 10.1.